The van der Waals surface area contributed by atoms with Gasteiger partial charge in [-0.1, -0.05) is 11.6 Å². The maximum Gasteiger partial charge on any atom is 0.426 e. The van der Waals surface area contributed by atoms with Crippen LogP contribution in [0, 0.1) is 5.82 Å². The number of hydrogen-bond acceptors (Lipinski definition) is 2. The number of alkyl halides is 3. The van der Waals surface area contributed by atoms with E-state index in [1.165, 1.54) is 0 Å². The van der Waals surface area contributed by atoms with Gasteiger partial charge in [0.1, 0.15) is 11.6 Å². The standard InChI is InChI=1S/C10H6BrClF4O3/c11-4-1-5(12)6(13)2-7(4)19-8(3-9(17)18)10(14,15)16/h1-2,8H,3H2,(H,17,18). The largest absolute Gasteiger partial charge is 0.481 e. The molecule has 106 valence electrons. The number of ether oxygens (including phenoxy) is 1. The lowest BCUT2D eigenvalue weighted by atomic mass is 10.2. The van der Waals surface area contributed by atoms with Gasteiger partial charge in [-0.15, -0.1) is 0 Å². The summed E-state index contributed by atoms with van der Waals surface area (Å²) in [7, 11) is 0. The minimum absolute atomic E-state index is 0.0152. The van der Waals surface area contributed by atoms with Crippen LogP contribution in [0.4, 0.5) is 17.6 Å². The molecule has 0 saturated heterocycles. The Bertz CT molecular complexity index is 492. The summed E-state index contributed by atoms with van der Waals surface area (Å²) in [5.74, 6) is -3.14. The van der Waals surface area contributed by atoms with Gasteiger partial charge in [-0.25, -0.2) is 4.39 Å². The minimum atomic E-state index is -4.89. The van der Waals surface area contributed by atoms with Gasteiger partial charge in [0.2, 0.25) is 6.10 Å². The molecular formula is C10H6BrClF4O3. The summed E-state index contributed by atoms with van der Waals surface area (Å²) >= 11 is 8.27. The molecule has 0 aliphatic rings. The lowest BCUT2D eigenvalue weighted by Gasteiger charge is -2.21. The van der Waals surface area contributed by atoms with Gasteiger partial charge in [-0.05, 0) is 22.0 Å². The molecule has 0 spiro atoms. The van der Waals surface area contributed by atoms with Crippen molar-refractivity contribution in [3.05, 3.63) is 27.4 Å². The van der Waals surface area contributed by atoms with E-state index >= 15 is 0 Å². The molecule has 0 heterocycles. The van der Waals surface area contributed by atoms with E-state index in [1.807, 2.05) is 0 Å². The van der Waals surface area contributed by atoms with Gasteiger partial charge in [-0.2, -0.15) is 13.2 Å². The monoisotopic (exact) mass is 364 g/mol. The van der Waals surface area contributed by atoms with E-state index in [9.17, 15) is 22.4 Å². The Morgan fingerprint density at radius 1 is 1.47 bits per heavy atom. The molecule has 0 amide bonds. The molecule has 1 aromatic carbocycles. The molecule has 0 aliphatic carbocycles. The maximum atomic E-state index is 13.1. The molecule has 0 aliphatic heterocycles. The lowest BCUT2D eigenvalue weighted by molar-refractivity contribution is -0.200. The summed E-state index contributed by atoms with van der Waals surface area (Å²) < 4.78 is 55.3. The number of benzene rings is 1. The van der Waals surface area contributed by atoms with Crippen LogP contribution in [0.2, 0.25) is 5.02 Å². The number of carboxylic acids is 1. The van der Waals surface area contributed by atoms with Crippen molar-refractivity contribution in [2.45, 2.75) is 18.7 Å². The van der Waals surface area contributed by atoms with Crippen molar-refractivity contribution in [3.8, 4) is 5.75 Å². The number of carbonyl (C=O) groups is 1. The first-order chi connectivity index (χ1) is 8.61. The van der Waals surface area contributed by atoms with Crippen LogP contribution in [-0.2, 0) is 4.79 Å². The Balaban J connectivity index is 3.03. The molecule has 1 atom stereocenters. The molecule has 0 radical (unpaired) electrons. The Morgan fingerprint density at radius 2 is 2.05 bits per heavy atom. The van der Waals surface area contributed by atoms with Crippen LogP contribution in [0.1, 0.15) is 6.42 Å². The molecular weight excluding hydrogens is 359 g/mol. The summed E-state index contributed by atoms with van der Waals surface area (Å²) in [4.78, 5) is 10.4. The van der Waals surface area contributed by atoms with Crippen molar-refractivity contribution >= 4 is 33.5 Å². The second kappa shape index (κ2) is 5.96. The SMILES string of the molecule is O=C(O)CC(Oc1cc(F)c(Cl)cc1Br)C(F)(F)F. The van der Waals surface area contributed by atoms with E-state index < -0.39 is 36.2 Å². The van der Waals surface area contributed by atoms with E-state index in [1.54, 1.807) is 0 Å². The molecule has 1 unspecified atom stereocenters. The van der Waals surface area contributed by atoms with Crippen molar-refractivity contribution in [3.63, 3.8) is 0 Å². The quantitative estimate of drug-likeness (QED) is 0.647. The van der Waals surface area contributed by atoms with Crippen molar-refractivity contribution in [1.29, 1.82) is 0 Å². The summed E-state index contributed by atoms with van der Waals surface area (Å²) in [6, 6.07) is 1.66. The van der Waals surface area contributed by atoms with Crippen LogP contribution in [-0.4, -0.2) is 23.4 Å². The third kappa shape index (κ3) is 4.54. The minimum Gasteiger partial charge on any atom is -0.481 e. The van der Waals surface area contributed by atoms with Gasteiger partial charge in [0.25, 0.3) is 0 Å². The highest BCUT2D eigenvalue weighted by Gasteiger charge is 2.43. The Morgan fingerprint density at radius 3 is 2.53 bits per heavy atom. The van der Waals surface area contributed by atoms with Gasteiger partial charge in [0, 0.05) is 6.07 Å². The van der Waals surface area contributed by atoms with Crippen LogP contribution < -0.4 is 4.74 Å². The maximum absolute atomic E-state index is 13.1. The molecule has 1 aromatic rings. The molecule has 19 heavy (non-hydrogen) atoms. The van der Waals surface area contributed by atoms with Crippen LogP contribution >= 0.6 is 27.5 Å². The molecule has 1 rings (SSSR count). The van der Waals surface area contributed by atoms with Crippen molar-refractivity contribution in [1.82, 2.24) is 0 Å². The highest BCUT2D eigenvalue weighted by atomic mass is 79.9. The summed E-state index contributed by atoms with van der Waals surface area (Å²) in [6.45, 7) is 0. The van der Waals surface area contributed by atoms with E-state index in [0.717, 1.165) is 6.07 Å². The Hall–Kier alpha value is -1.02. The van der Waals surface area contributed by atoms with Crippen molar-refractivity contribution in [2.24, 2.45) is 0 Å². The molecule has 0 fully saturated rings. The van der Waals surface area contributed by atoms with E-state index in [2.05, 4.69) is 20.7 Å². The number of hydrogen-bond donors (Lipinski definition) is 1. The molecule has 9 heteroatoms. The van der Waals surface area contributed by atoms with Gasteiger partial charge in [0.15, 0.2) is 0 Å². The van der Waals surface area contributed by atoms with Gasteiger partial charge in [-0.3, -0.25) is 4.79 Å². The third-order valence-corrected chi connectivity index (χ3v) is 2.88. The zero-order chi connectivity index (χ0) is 14.8. The van der Waals surface area contributed by atoms with Gasteiger partial charge in [0.05, 0.1) is 15.9 Å². The molecule has 0 saturated carbocycles. The normalized spacial score (nSPS) is 13.2. The average molecular weight is 366 g/mol. The Kier molecular flexibility index (Phi) is 5.03. The summed E-state index contributed by atoms with van der Waals surface area (Å²) in [5.41, 5.74) is 0. The second-order valence-electron chi connectivity index (χ2n) is 3.44. The number of aliphatic carboxylic acids is 1. The molecule has 0 aromatic heterocycles. The highest BCUT2D eigenvalue weighted by molar-refractivity contribution is 9.10. The molecule has 0 bridgehead atoms. The number of halogens is 6. The topological polar surface area (TPSA) is 46.5 Å². The van der Waals surface area contributed by atoms with E-state index in [0.29, 0.717) is 6.07 Å². The first kappa shape index (κ1) is 16.0. The van der Waals surface area contributed by atoms with Gasteiger partial charge < -0.3 is 9.84 Å². The lowest BCUT2D eigenvalue weighted by Crippen LogP contribution is -2.36. The van der Waals surface area contributed by atoms with Crippen molar-refractivity contribution < 1.29 is 32.2 Å². The highest BCUT2D eigenvalue weighted by Crippen LogP contribution is 2.34. The first-order valence-electron chi connectivity index (χ1n) is 4.71. The summed E-state index contributed by atoms with van der Waals surface area (Å²) in [5, 5.41) is 8.10. The first-order valence-corrected chi connectivity index (χ1v) is 5.88. The predicted octanol–water partition coefficient (Wildman–Crippen LogP) is 4.03. The fraction of sp³-hybridized carbons (Fsp3) is 0.300. The van der Waals surface area contributed by atoms with Crippen LogP contribution in [0.5, 0.6) is 5.75 Å². The second-order valence-corrected chi connectivity index (χ2v) is 4.70. The van der Waals surface area contributed by atoms with E-state index in [-0.39, 0.29) is 9.50 Å². The fourth-order valence-corrected chi connectivity index (χ4v) is 1.86. The molecule has 1 N–H and O–H groups in total. The third-order valence-electron chi connectivity index (χ3n) is 1.97. The van der Waals surface area contributed by atoms with E-state index in [4.69, 9.17) is 16.7 Å². The smallest absolute Gasteiger partial charge is 0.426 e. The predicted molar refractivity (Wildman–Crippen MR) is 61.8 cm³/mol. The molecule has 3 nitrogen and oxygen atoms in total. The summed E-state index contributed by atoms with van der Waals surface area (Å²) in [6.07, 6.45) is -8.77. The number of carboxylic acid groups (broad SMARTS) is 1. The van der Waals surface area contributed by atoms with Crippen LogP contribution in [0.15, 0.2) is 16.6 Å². The van der Waals surface area contributed by atoms with Gasteiger partial charge >= 0.3 is 12.1 Å². The fourth-order valence-electron chi connectivity index (χ4n) is 1.13. The van der Waals surface area contributed by atoms with Crippen LogP contribution in [0.25, 0.3) is 0 Å². The number of rotatable bonds is 4. The zero-order valence-electron chi connectivity index (χ0n) is 8.97. The van der Waals surface area contributed by atoms with Crippen molar-refractivity contribution in [2.75, 3.05) is 0 Å². The zero-order valence-corrected chi connectivity index (χ0v) is 11.3. The Labute approximate surface area is 118 Å². The van der Waals surface area contributed by atoms with Crippen LogP contribution in [0.3, 0.4) is 0 Å². The average Bonchev–Trinajstić information content (AvgIpc) is 2.22.